The number of carbonyl (C=O) groups excluding carboxylic acids is 2. The van der Waals surface area contributed by atoms with Crippen LogP contribution in [0.15, 0.2) is 41.1 Å². The SMILES string of the molecule is CSCC[C@@H](NC(=O)c1ccccc1Cl)C(=O)N(C)Cc1ccsc1. The first-order valence-electron chi connectivity index (χ1n) is 7.83. The molecule has 0 radical (unpaired) electrons. The third kappa shape index (κ3) is 5.76. The zero-order valence-corrected chi connectivity index (χ0v) is 16.6. The van der Waals surface area contributed by atoms with Crippen LogP contribution in [0.3, 0.4) is 0 Å². The highest BCUT2D eigenvalue weighted by Gasteiger charge is 2.25. The number of benzene rings is 1. The monoisotopic (exact) mass is 396 g/mol. The minimum Gasteiger partial charge on any atom is -0.340 e. The molecule has 0 spiro atoms. The molecular weight excluding hydrogens is 376 g/mol. The first kappa shape index (κ1) is 19.8. The zero-order chi connectivity index (χ0) is 18.2. The number of nitrogens with one attached hydrogen (secondary N) is 1. The van der Waals surface area contributed by atoms with Gasteiger partial charge in [-0.05, 0) is 53.0 Å². The van der Waals surface area contributed by atoms with Gasteiger partial charge in [-0.2, -0.15) is 23.1 Å². The Balaban J connectivity index is 2.07. The lowest BCUT2D eigenvalue weighted by Crippen LogP contribution is -2.47. The van der Waals surface area contributed by atoms with Crippen LogP contribution in [0.25, 0.3) is 0 Å². The second-order valence-corrected chi connectivity index (χ2v) is 7.79. The molecule has 2 amide bonds. The smallest absolute Gasteiger partial charge is 0.253 e. The molecular formula is C18H21ClN2O2S2. The molecule has 0 unspecified atom stereocenters. The summed E-state index contributed by atoms with van der Waals surface area (Å²) in [4.78, 5) is 27.0. The molecule has 134 valence electrons. The summed E-state index contributed by atoms with van der Waals surface area (Å²) in [6.07, 6.45) is 2.55. The average Bonchev–Trinajstić information content (AvgIpc) is 3.11. The predicted octanol–water partition coefficient (Wildman–Crippen LogP) is 3.91. The Morgan fingerprint density at radius 2 is 2.08 bits per heavy atom. The Labute approximate surface area is 161 Å². The van der Waals surface area contributed by atoms with Gasteiger partial charge in [0.25, 0.3) is 5.91 Å². The highest BCUT2D eigenvalue weighted by molar-refractivity contribution is 7.98. The topological polar surface area (TPSA) is 49.4 Å². The van der Waals surface area contributed by atoms with Crippen LogP contribution in [0.5, 0.6) is 0 Å². The summed E-state index contributed by atoms with van der Waals surface area (Å²) >= 11 is 9.33. The lowest BCUT2D eigenvalue weighted by Gasteiger charge is -2.24. The molecule has 1 heterocycles. The summed E-state index contributed by atoms with van der Waals surface area (Å²) in [7, 11) is 1.76. The number of hydrogen-bond acceptors (Lipinski definition) is 4. The van der Waals surface area contributed by atoms with E-state index in [1.165, 1.54) is 0 Å². The second kappa shape index (κ2) is 9.85. The van der Waals surface area contributed by atoms with E-state index in [4.69, 9.17) is 11.6 Å². The molecule has 0 saturated heterocycles. The van der Waals surface area contributed by atoms with Gasteiger partial charge in [-0.1, -0.05) is 23.7 Å². The van der Waals surface area contributed by atoms with Crippen LogP contribution in [-0.2, 0) is 11.3 Å². The maximum absolute atomic E-state index is 12.8. The van der Waals surface area contributed by atoms with E-state index in [1.54, 1.807) is 59.3 Å². The van der Waals surface area contributed by atoms with Gasteiger partial charge in [0.1, 0.15) is 6.04 Å². The van der Waals surface area contributed by atoms with Crippen molar-refractivity contribution in [3.05, 3.63) is 57.2 Å². The molecule has 7 heteroatoms. The number of halogens is 1. The molecule has 0 bridgehead atoms. The first-order valence-corrected chi connectivity index (χ1v) is 10.5. The van der Waals surface area contributed by atoms with Crippen molar-refractivity contribution in [2.24, 2.45) is 0 Å². The quantitative estimate of drug-likeness (QED) is 0.735. The van der Waals surface area contributed by atoms with Crippen LogP contribution < -0.4 is 5.32 Å². The van der Waals surface area contributed by atoms with Crippen molar-refractivity contribution < 1.29 is 9.59 Å². The lowest BCUT2D eigenvalue weighted by molar-refractivity contribution is -0.132. The van der Waals surface area contributed by atoms with E-state index in [2.05, 4.69) is 5.32 Å². The zero-order valence-electron chi connectivity index (χ0n) is 14.2. The number of amides is 2. The highest BCUT2D eigenvalue weighted by Crippen LogP contribution is 2.16. The summed E-state index contributed by atoms with van der Waals surface area (Å²) in [5.41, 5.74) is 1.47. The fraction of sp³-hybridized carbons (Fsp3) is 0.333. The fourth-order valence-corrected chi connectivity index (χ4v) is 3.73. The van der Waals surface area contributed by atoms with Crippen molar-refractivity contribution in [3.63, 3.8) is 0 Å². The van der Waals surface area contributed by atoms with Crippen molar-refractivity contribution >= 4 is 46.5 Å². The molecule has 0 saturated carbocycles. The number of thiophene rings is 1. The highest BCUT2D eigenvalue weighted by atomic mass is 35.5. The second-order valence-electron chi connectivity index (χ2n) is 5.61. The molecule has 0 aliphatic heterocycles. The summed E-state index contributed by atoms with van der Waals surface area (Å²) in [5, 5.41) is 7.22. The summed E-state index contributed by atoms with van der Waals surface area (Å²) in [6.45, 7) is 0.528. The van der Waals surface area contributed by atoms with Crippen LogP contribution in [0, 0.1) is 0 Å². The third-order valence-electron chi connectivity index (χ3n) is 3.71. The van der Waals surface area contributed by atoms with E-state index in [9.17, 15) is 9.59 Å². The molecule has 1 aromatic carbocycles. The third-order valence-corrected chi connectivity index (χ3v) is 5.41. The minimum atomic E-state index is -0.570. The number of carbonyl (C=O) groups is 2. The van der Waals surface area contributed by atoms with Crippen LogP contribution in [-0.4, -0.2) is 41.8 Å². The molecule has 0 fully saturated rings. The number of hydrogen-bond donors (Lipinski definition) is 1. The van der Waals surface area contributed by atoms with E-state index < -0.39 is 6.04 Å². The van der Waals surface area contributed by atoms with Gasteiger partial charge in [0.2, 0.25) is 5.91 Å². The molecule has 25 heavy (non-hydrogen) atoms. The lowest BCUT2D eigenvalue weighted by atomic mass is 10.1. The maximum Gasteiger partial charge on any atom is 0.253 e. The minimum absolute atomic E-state index is 0.0966. The first-order chi connectivity index (χ1) is 12.0. The Bertz CT molecular complexity index is 707. The fourth-order valence-electron chi connectivity index (χ4n) is 2.37. The van der Waals surface area contributed by atoms with Crippen LogP contribution in [0.1, 0.15) is 22.3 Å². The summed E-state index contributed by atoms with van der Waals surface area (Å²) in [6, 6.07) is 8.26. The predicted molar refractivity (Wildman–Crippen MR) is 106 cm³/mol. The van der Waals surface area contributed by atoms with Gasteiger partial charge in [0, 0.05) is 13.6 Å². The standard InChI is InChI=1S/C18H21ClN2O2S2/c1-21(11-13-7-10-25-12-13)18(23)16(8-9-24-2)20-17(22)14-5-3-4-6-15(14)19/h3-7,10,12,16H,8-9,11H2,1-2H3,(H,20,22)/t16-/m1/s1. The van der Waals surface area contributed by atoms with E-state index in [-0.39, 0.29) is 11.8 Å². The van der Waals surface area contributed by atoms with Crippen molar-refractivity contribution in [1.82, 2.24) is 10.2 Å². The molecule has 1 aromatic heterocycles. The van der Waals surface area contributed by atoms with Crippen molar-refractivity contribution in [2.45, 2.75) is 19.0 Å². The van der Waals surface area contributed by atoms with Gasteiger partial charge in [0.15, 0.2) is 0 Å². The average molecular weight is 397 g/mol. The van der Waals surface area contributed by atoms with Gasteiger partial charge >= 0.3 is 0 Å². The summed E-state index contributed by atoms with van der Waals surface area (Å²) < 4.78 is 0. The van der Waals surface area contributed by atoms with Crippen molar-refractivity contribution in [3.8, 4) is 0 Å². The van der Waals surface area contributed by atoms with Gasteiger partial charge < -0.3 is 10.2 Å². The van der Waals surface area contributed by atoms with Crippen molar-refractivity contribution in [2.75, 3.05) is 19.1 Å². The van der Waals surface area contributed by atoms with E-state index in [1.807, 2.05) is 23.1 Å². The normalized spacial score (nSPS) is 11.8. The Kier molecular flexibility index (Phi) is 7.81. The molecule has 4 nitrogen and oxygen atoms in total. The van der Waals surface area contributed by atoms with Gasteiger partial charge in [0.05, 0.1) is 10.6 Å². The molecule has 0 aliphatic rings. The molecule has 0 aliphatic carbocycles. The number of rotatable bonds is 8. The molecule has 1 atom stereocenters. The largest absolute Gasteiger partial charge is 0.340 e. The van der Waals surface area contributed by atoms with E-state index >= 15 is 0 Å². The Hall–Kier alpha value is -1.50. The van der Waals surface area contributed by atoms with E-state index in [0.717, 1.165) is 11.3 Å². The van der Waals surface area contributed by atoms with Crippen molar-refractivity contribution in [1.29, 1.82) is 0 Å². The number of thioether (sulfide) groups is 1. The van der Waals surface area contributed by atoms with Crippen LogP contribution in [0.4, 0.5) is 0 Å². The van der Waals surface area contributed by atoms with Crippen LogP contribution >= 0.6 is 34.7 Å². The summed E-state index contributed by atoms with van der Waals surface area (Å²) in [5.74, 6) is 0.362. The van der Waals surface area contributed by atoms with Gasteiger partial charge in [-0.3, -0.25) is 9.59 Å². The molecule has 1 N–H and O–H groups in total. The maximum atomic E-state index is 12.8. The van der Waals surface area contributed by atoms with Crippen LogP contribution in [0.2, 0.25) is 5.02 Å². The van der Waals surface area contributed by atoms with E-state index in [0.29, 0.717) is 23.6 Å². The molecule has 2 aromatic rings. The Morgan fingerprint density at radius 1 is 1.32 bits per heavy atom. The molecule has 2 rings (SSSR count). The van der Waals surface area contributed by atoms with Gasteiger partial charge in [-0.15, -0.1) is 0 Å². The van der Waals surface area contributed by atoms with Gasteiger partial charge in [-0.25, -0.2) is 0 Å². The Morgan fingerprint density at radius 3 is 2.72 bits per heavy atom. The number of nitrogens with zero attached hydrogens (tertiary/aromatic N) is 1. The number of likely N-dealkylation sites (N-methyl/N-ethyl adjacent to an activating group) is 1.